The van der Waals surface area contributed by atoms with Crippen molar-refractivity contribution in [1.29, 1.82) is 5.26 Å². The summed E-state index contributed by atoms with van der Waals surface area (Å²) >= 11 is 0. The second kappa shape index (κ2) is 5.61. The highest BCUT2D eigenvalue weighted by molar-refractivity contribution is 5.98. The van der Waals surface area contributed by atoms with Gasteiger partial charge in [-0.25, -0.2) is 0 Å². The van der Waals surface area contributed by atoms with Crippen molar-refractivity contribution in [3.8, 4) is 11.8 Å². The Bertz CT molecular complexity index is 839. The Balaban J connectivity index is 1.95. The molecule has 2 heterocycles. The SMILES string of the molecule is Cc1cc(Nc2ccc3c(c2)NC(=O)C(C)O3)c(C#N)c(C)n1. The minimum atomic E-state index is -0.503. The minimum absolute atomic E-state index is 0.178. The lowest BCUT2D eigenvalue weighted by atomic mass is 10.1. The Morgan fingerprint density at radius 2 is 2.13 bits per heavy atom. The number of benzene rings is 1. The van der Waals surface area contributed by atoms with Crippen molar-refractivity contribution < 1.29 is 9.53 Å². The van der Waals surface area contributed by atoms with Crippen molar-refractivity contribution in [1.82, 2.24) is 4.98 Å². The zero-order chi connectivity index (χ0) is 16.6. The van der Waals surface area contributed by atoms with Gasteiger partial charge >= 0.3 is 0 Å². The highest BCUT2D eigenvalue weighted by Gasteiger charge is 2.23. The van der Waals surface area contributed by atoms with Gasteiger partial charge in [0.25, 0.3) is 5.91 Å². The van der Waals surface area contributed by atoms with E-state index in [1.54, 1.807) is 26.0 Å². The van der Waals surface area contributed by atoms with E-state index >= 15 is 0 Å². The van der Waals surface area contributed by atoms with Gasteiger partial charge in [0.05, 0.1) is 22.6 Å². The summed E-state index contributed by atoms with van der Waals surface area (Å²) in [6, 6.07) is 9.41. The molecule has 6 nitrogen and oxygen atoms in total. The lowest BCUT2D eigenvalue weighted by molar-refractivity contribution is -0.122. The van der Waals surface area contributed by atoms with E-state index in [0.29, 0.717) is 28.4 Å². The van der Waals surface area contributed by atoms with Crippen molar-refractivity contribution in [3.05, 3.63) is 41.2 Å². The highest BCUT2D eigenvalue weighted by Crippen LogP contribution is 2.33. The number of nitrogens with zero attached hydrogens (tertiary/aromatic N) is 2. The fourth-order valence-corrected chi connectivity index (χ4v) is 2.51. The molecule has 1 aromatic carbocycles. The summed E-state index contributed by atoms with van der Waals surface area (Å²) in [4.78, 5) is 16.0. The van der Waals surface area contributed by atoms with Gasteiger partial charge in [-0.1, -0.05) is 0 Å². The lowest BCUT2D eigenvalue weighted by Crippen LogP contribution is -2.34. The van der Waals surface area contributed by atoms with E-state index < -0.39 is 6.10 Å². The number of hydrogen-bond acceptors (Lipinski definition) is 5. The Labute approximate surface area is 134 Å². The van der Waals surface area contributed by atoms with E-state index in [0.717, 1.165) is 11.4 Å². The van der Waals surface area contributed by atoms with E-state index in [1.807, 2.05) is 19.1 Å². The molecule has 6 heteroatoms. The van der Waals surface area contributed by atoms with E-state index in [1.165, 1.54) is 0 Å². The summed E-state index contributed by atoms with van der Waals surface area (Å²) in [5.74, 6) is 0.452. The van der Waals surface area contributed by atoms with Gasteiger partial charge in [-0.2, -0.15) is 5.26 Å². The van der Waals surface area contributed by atoms with Crippen LogP contribution in [-0.4, -0.2) is 17.0 Å². The van der Waals surface area contributed by atoms with Gasteiger partial charge in [0, 0.05) is 11.4 Å². The van der Waals surface area contributed by atoms with Crippen LogP contribution in [0.1, 0.15) is 23.9 Å². The van der Waals surface area contributed by atoms with Gasteiger partial charge in [0.2, 0.25) is 0 Å². The third-order valence-electron chi connectivity index (χ3n) is 3.63. The van der Waals surface area contributed by atoms with Gasteiger partial charge in [-0.3, -0.25) is 9.78 Å². The average Bonchev–Trinajstić information content (AvgIpc) is 2.48. The van der Waals surface area contributed by atoms with E-state index in [9.17, 15) is 10.1 Å². The standard InChI is InChI=1S/C17H16N4O2/c1-9-6-14(13(8-18)10(2)19-9)20-12-4-5-16-15(7-12)21-17(22)11(3)23-16/h4-7,11H,1-3H3,(H,19,20)(H,21,22). The molecule has 1 aliphatic rings. The second-order valence-electron chi connectivity index (χ2n) is 5.47. The van der Waals surface area contributed by atoms with Crippen molar-refractivity contribution in [3.63, 3.8) is 0 Å². The summed E-state index contributed by atoms with van der Waals surface area (Å²) in [5, 5.41) is 15.3. The number of rotatable bonds is 2. The zero-order valence-corrected chi connectivity index (χ0v) is 13.1. The number of nitrogens with one attached hydrogen (secondary N) is 2. The Morgan fingerprint density at radius 1 is 1.35 bits per heavy atom. The van der Waals surface area contributed by atoms with Crippen molar-refractivity contribution >= 4 is 23.0 Å². The maximum Gasteiger partial charge on any atom is 0.265 e. The molecular weight excluding hydrogens is 292 g/mol. The molecule has 0 saturated carbocycles. The molecule has 1 unspecified atom stereocenters. The molecule has 2 aromatic rings. The first-order valence-electron chi connectivity index (χ1n) is 7.25. The number of carbonyl (C=O) groups is 1. The number of nitriles is 1. The third-order valence-corrected chi connectivity index (χ3v) is 3.63. The molecule has 1 aromatic heterocycles. The number of pyridine rings is 1. The number of fused-ring (bicyclic) bond motifs is 1. The van der Waals surface area contributed by atoms with Crippen LogP contribution in [0.25, 0.3) is 0 Å². The van der Waals surface area contributed by atoms with Gasteiger partial charge in [0.15, 0.2) is 6.10 Å². The van der Waals surface area contributed by atoms with Crippen molar-refractivity contribution in [2.75, 3.05) is 10.6 Å². The summed E-state index contributed by atoms with van der Waals surface area (Å²) in [7, 11) is 0. The second-order valence-corrected chi connectivity index (χ2v) is 5.47. The molecule has 3 rings (SSSR count). The number of ether oxygens (including phenoxy) is 1. The lowest BCUT2D eigenvalue weighted by Gasteiger charge is -2.24. The minimum Gasteiger partial charge on any atom is -0.479 e. The molecule has 0 bridgehead atoms. The maximum atomic E-state index is 11.7. The predicted molar refractivity (Wildman–Crippen MR) is 86.9 cm³/mol. The highest BCUT2D eigenvalue weighted by atomic mass is 16.5. The predicted octanol–water partition coefficient (Wildman–Crippen LogP) is 3.03. The molecule has 0 aliphatic carbocycles. The molecule has 1 amide bonds. The van der Waals surface area contributed by atoms with Gasteiger partial charge in [-0.15, -0.1) is 0 Å². The van der Waals surface area contributed by atoms with Crippen molar-refractivity contribution in [2.24, 2.45) is 0 Å². The summed E-state index contributed by atoms with van der Waals surface area (Å²) < 4.78 is 5.53. The van der Waals surface area contributed by atoms with Gasteiger partial charge < -0.3 is 15.4 Å². The van der Waals surface area contributed by atoms with Gasteiger partial charge in [0.1, 0.15) is 11.8 Å². The number of anilines is 3. The van der Waals surface area contributed by atoms with Gasteiger partial charge in [-0.05, 0) is 45.0 Å². The smallest absolute Gasteiger partial charge is 0.265 e. The molecule has 1 aliphatic heterocycles. The van der Waals surface area contributed by atoms with Crippen LogP contribution in [0, 0.1) is 25.2 Å². The van der Waals surface area contributed by atoms with Crippen LogP contribution in [-0.2, 0) is 4.79 Å². The summed E-state index contributed by atoms with van der Waals surface area (Å²) in [5.41, 5.74) is 4.06. The largest absolute Gasteiger partial charge is 0.479 e. The van der Waals surface area contributed by atoms with Crippen molar-refractivity contribution in [2.45, 2.75) is 26.9 Å². The number of hydrogen-bond donors (Lipinski definition) is 2. The number of aromatic nitrogens is 1. The van der Waals surface area contributed by atoms with Crippen LogP contribution in [0.5, 0.6) is 5.75 Å². The molecule has 0 fully saturated rings. The number of aryl methyl sites for hydroxylation is 2. The fourth-order valence-electron chi connectivity index (χ4n) is 2.51. The van der Waals surface area contributed by atoms with E-state index in [2.05, 4.69) is 21.7 Å². The first kappa shape index (κ1) is 14.9. The topological polar surface area (TPSA) is 87.0 Å². The molecule has 23 heavy (non-hydrogen) atoms. The van der Waals surface area contributed by atoms with E-state index in [-0.39, 0.29) is 5.91 Å². The van der Waals surface area contributed by atoms with Crippen LogP contribution in [0.4, 0.5) is 17.1 Å². The first-order valence-corrected chi connectivity index (χ1v) is 7.25. The zero-order valence-electron chi connectivity index (χ0n) is 13.1. The van der Waals surface area contributed by atoms with Crippen LogP contribution < -0.4 is 15.4 Å². The normalized spacial score (nSPS) is 15.9. The van der Waals surface area contributed by atoms with Crippen LogP contribution in [0.2, 0.25) is 0 Å². The van der Waals surface area contributed by atoms with Crippen LogP contribution in [0.3, 0.4) is 0 Å². The Kier molecular flexibility index (Phi) is 3.62. The molecule has 0 radical (unpaired) electrons. The van der Waals surface area contributed by atoms with Crippen LogP contribution >= 0.6 is 0 Å². The molecule has 2 N–H and O–H groups in total. The fraction of sp³-hybridized carbons (Fsp3) is 0.235. The summed E-state index contributed by atoms with van der Waals surface area (Å²) in [6.07, 6.45) is -0.503. The number of amides is 1. The maximum absolute atomic E-state index is 11.7. The Morgan fingerprint density at radius 3 is 2.87 bits per heavy atom. The number of carbonyl (C=O) groups excluding carboxylic acids is 1. The average molecular weight is 308 g/mol. The van der Waals surface area contributed by atoms with E-state index in [4.69, 9.17) is 4.74 Å². The third kappa shape index (κ3) is 2.81. The Hall–Kier alpha value is -3.07. The molecular formula is C17H16N4O2. The quantitative estimate of drug-likeness (QED) is 0.890. The molecule has 116 valence electrons. The molecule has 0 saturated heterocycles. The van der Waals surface area contributed by atoms with Crippen LogP contribution in [0.15, 0.2) is 24.3 Å². The molecule has 0 spiro atoms. The summed E-state index contributed by atoms with van der Waals surface area (Å²) in [6.45, 7) is 5.38. The molecule has 1 atom stereocenters. The first-order chi connectivity index (χ1) is 11.0. The monoisotopic (exact) mass is 308 g/mol.